The van der Waals surface area contributed by atoms with E-state index in [1.165, 1.54) is 11.1 Å². The zero-order valence-electron chi connectivity index (χ0n) is 10.1. The van der Waals surface area contributed by atoms with Gasteiger partial charge in [0.15, 0.2) is 0 Å². The monoisotopic (exact) mass is 240 g/mol. The van der Waals surface area contributed by atoms with Gasteiger partial charge in [-0.25, -0.2) is 4.79 Å². The Kier molecular flexibility index (Phi) is 4.31. The first-order valence-electron chi connectivity index (χ1n) is 5.27. The van der Waals surface area contributed by atoms with Crippen LogP contribution < -0.4 is 0 Å². The molecule has 88 valence electrons. The van der Waals surface area contributed by atoms with Crippen LogP contribution in [0.1, 0.15) is 39.5 Å². The molecule has 1 rings (SSSR count). The molecule has 1 aromatic carbocycles. The minimum atomic E-state index is -1.49. The van der Waals surface area contributed by atoms with Gasteiger partial charge in [0.1, 0.15) is 0 Å². The molecular formula is C12H17O3P. The first kappa shape index (κ1) is 13.0. The van der Waals surface area contributed by atoms with Crippen molar-refractivity contribution in [1.82, 2.24) is 0 Å². The number of benzene rings is 1. The van der Waals surface area contributed by atoms with Crippen LogP contribution in [0.3, 0.4) is 0 Å². The van der Waals surface area contributed by atoms with E-state index in [1.54, 1.807) is 0 Å². The third-order valence-electron chi connectivity index (χ3n) is 2.84. The summed E-state index contributed by atoms with van der Waals surface area (Å²) in [6.45, 7) is 7.87. The second kappa shape index (κ2) is 5.31. The largest absolute Gasteiger partial charge is 0.413 e. The van der Waals surface area contributed by atoms with Crippen molar-refractivity contribution < 1.29 is 13.9 Å². The maximum Gasteiger partial charge on any atom is 0.343 e. The van der Waals surface area contributed by atoms with Crippen molar-refractivity contribution in [2.45, 2.75) is 34.1 Å². The summed E-state index contributed by atoms with van der Waals surface area (Å²) in [5, 5.41) is 0. The third kappa shape index (κ3) is 2.35. The van der Waals surface area contributed by atoms with E-state index < -0.39 is 14.7 Å². The minimum absolute atomic E-state index is 0.477. The highest BCUT2D eigenvalue weighted by molar-refractivity contribution is 7.18. The van der Waals surface area contributed by atoms with Gasteiger partial charge < -0.3 is 4.52 Å². The molecule has 0 aliphatic rings. The van der Waals surface area contributed by atoms with Crippen LogP contribution in [0.4, 0.5) is 0 Å². The van der Waals surface area contributed by atoms with E-state index >= 15 is 0 Å². The first-order chi connectivity index (χ1) is 7.52. The number of carbonyl (C=O) groups excluding carboxylic acids is 1. The SMILES string of the molecule is CCc1c(C)cc(C)c(C(=O)O[PH2]=O)c1C. The Hall–Kier alpha value is -1.08. The van der Waals surface area contributed by atoms with E-state index in [-0.39, 0.29) is 0 Å². The molecule has 0 amide bonds. The van der Waals surface area contributed by atoms with E-state index in [9.17, 15) is 9.36 Å². The van der Waals surface area contributed by atoms with Crippen LogP contribution in [0.15, 0.2) is 6.07 Å². The molecule has 0 heterocycles. The summed E-state index contributed by atoms with van der Waals surface area (Å²) < 4.78 is 15.0. The zero-order valence-corrected chi connectivity index (χ0v) is 11.2. The summed E-state index contributed by atoms with van der Waals surface area (Å²) in [7, 11) is -1.49. The maximum atomic E-state index is 11.7. The lowest BCUT2D eigenvalue weighted by Crippen LogP contribution is -2.08. The molecule has 1 unspecified atom stereocenters. The van der Waals surface area contributed by atoms with Crippen molar-refractivity contribution in [2.24, 2.45) is 0 Å². The van der Waals surface area contributed by atoms with E-state index in [1.807, 2.05) is 26.8 Å². The number of hydrogen-bond acceptors (Lipinski definition) is 3. The average Bonchev–Trinajstić information content (AvgIpc) is 2.17. The summed E-state index contributed by atoms with van der Waals surface area (Å²) in [6.07, 6.45) is 0.877. The Bertz CT molecular complexity index is 438. The third-order valence-corrected chi connectivity index (χ3v) is 3.15. The van der Waals surface area contributed by atoms with Crippen LogP contribution in [0.2, 0.25) is 0 Å². The molecule has 1 atom stereocenters. The van der Waals surface area contributed by atoms with Crippen molar-refractivity contribution in [3.05, 3.63) is 33.9 Å². The predicted octanol–water partition coefficient (Wildman–Crippen LogP) is 3.00. The average molecular weight is 240 g/mol. The Morgan fingerprint density at radius 1 is 1.31 bits per heavy atom. The fourth-order valence-electron chi connectivity index (χ4n) is 2.19. The molecule has 1 aromatic rings. The number of hydrogen-bond donors (Lipinski definition) is 0. The number of aryl methyl sites for hydroxylation is 2. The topological polar surface area (TPSA) is 43.4 Å². The Morgan fingerprint density at radius 3 is 2.44 bits per heavy atom. The van der Waals surface area contributed by atoms with Gasteiger partial charge >= 0.3 is 5.97 Å². The lowest BCUT2D eigenvalue weighted by Gasteiger charge is -2.14. The second-order valence-corrected chi connectivity index (χ2v) is 4.27. The van der Waals surface area contributed by atoms with Gasteiger partial charge in [0, 0.05) is 0 Å². The predicted molar refractivity (Wildman–Crippen MR) is 65.8 cm³/mol. The fourth-order valence-corrected chi connectivity index (χ4v) is 2.39. The minimum Gasteiger partial charge on any atom is -0.413 e. The van der Waals surface area contributed by atoms with Gasteiger partial charge in [-0.1, -0.05) is 13.0 Å². The summed E-state index contributed by atoms with van der Waals surface area (Å²) in [5.41, 5.74) is 4.73. The van der Waals surface area contributed by atoms with E-state index in [0.29, 0.717) is 5.56 Å². The van der Waals surface area contributed by atoms with Gasteiger partial charge in [-0.05, 0) is 49.4 Å². The molecule has 0 aliphatic heterocycles. The van der Waals surface area contributed by atoms with Crippen molar-refractivity contribution in [3.63, 3.8) is 0 Å². The number of rotatable bonds is 3. The highest BCUT2D eigenvalue weighted by atomic mass is 31.1. The highest BCUT2D eigenvalue weighted by Crippen LogP contribution is 2.24. The van der Waals surface area contributed by atoms with Crippen LogP contribution in [-0.4, -0.2) is 5.97 Å². The zero-order chi connectivity index (χ0) is 12.3. The first-order valence-corrected chi connectivity index (χ1v) is 6.21. The molecule has 0 fully saturated rings. The van der Waals surface area contributed by atoms with E-state index in [4.69, 9.17) is 0 Å². The fraction of sp³-hybridized carbons (Fsp3) is 0.417. The molecule has 0 spiro atoms. The molecule has 0 bridgehead atoms. The van der Waals surface area contributed by atoms with Crippen LogP contribution in [0.5, 0.6) is 0 Å². The molecule has 0 N–H and O–H groups in total. The molecule has 0 aromatic heterocycles. The maximum absolute atomic E-state index is 11.7. The summed E-state index contributed by atoms with van der Waals surface area (Å²) in [4.78, 5) is 11.7. The molecular weight excluding hydrogens is 223 g/mol. The normalized spacial score (nSPS) is 11.0. The molecule has 0 saturated carbocycles. The van der Waals surface area contributed by atoms with Crippen LogP contribution in [0, 0.1) is 20.8 Å². The smallest absolute Gasteiger partial charge is 0.343 e. The van der Waals surface area contributed by atoms with E-state index in [0.717, 1.165) is 17.5 Å². The lowest BCUT2D eigenvalue weighted by atomic mass is 9.92. The van der Waals surface area contributed by atoms with Crippen molar-refractivity contribution in [2.75, 3.05) is 0 Å². The molecule has 0 saturated heterocycles. The van der Waals surface area contributed by atoms with Crippen LogP contribution >= 0.6 is 8.69 Å². The quantitative estimate of drug-likeness (QED) is 0.763. The lowest BCUT2D eigenvalue weighted by molar-refractivity contribution is 0.0754. The number of carbonyl (C=O) groups is 1. The Balaban J connectivity index is 3.38. The van der Waals surface area contributed by atoms with Crippen molar-refractivity contribution >= 4 is 14.7 Å². The van der Waals surface area contributed by atoms with Gasteiger partial charge in [-0.3, -0.25) is 4.57 Å². The van der Waals surface area contributed by atoms with Gasteiger partial charge in [-0.15, -0.1) is 0 Å². The van der Waals surface area contributed by atoms with E-state index in [2.05, 4.69) is 11.4 Å². The van der Waals surface area contributed by atoms with Gasteiger partial charge in [0.05, 0.1) is 5.56 Å². The van der Waals surface area contributed by atoms with Crippen LogP contribution in [0.25, 0.3) is 0 Å². The molecule has 0 aliphatic carbocycles. The molecule has 3 nitrogen and oxygen atoms in total. The molecule has 0 radical (unpaired) electrons. The van der Waals surface area contributed by atoms with Gasteiger partial charge in [0.2, 0.25) is 8.69 Å². The van der Waals surface area contributed by atoms with Crippen molar-refractivity contribution in [1.29, 1.82) is 0 Å². The highest BCUT2D eigenvalue weighted by Gasteiger charge is 2.17. The standard InChI is InChI=1S/C12H17O3P/c1-5-10-7(2)6-8(3)11(9(10)4)12(13)15-16-14/h6H,5,16H2,1-4H3. The Morgan fingerprint density at radius 2 is 1.94 bits per heavy atom. The molecule has 4 heteroatoms. The van der Waals surface area contributed by atoms with Gasteiger partial charge in [0.25, 0.3) is 0 Å². The molecule has 16 heavy (non-hydrogen) atoms. The summed E-state index contributed by atoms with van der Waals surface area (Å²) in [5.74, 6) is -0.477. The Labute approximate surface area is 97.1 Å². The van der Waals surface area contributed by atoms with Crippen molar-refractivity contribution in [3.8, 4) is 0 Å². The van der Waals surface area contributed by atoms with Crippen LogP contribution in [-0.2, 0) is 15.5 Å². The second-order valence-electron chi connectivity index (χ2n) is 3.84. The summed E-state index contributed by atoms with van der Waals surface area (Å²) >= 11 is 0. The van der Waals surface area contributed by atoms with Gasteiger partial charge in [-0.2, -0.15) is 0 Å². The summed E-state index contributed by atoms with van der Waals surface area (Å²) in [6, 6.07) is 1.97.